The summed E-state index contributed by atoms with van der Waals surface area (Å²) in [6.45, 7) is 4.69. The molecule has 0 aromatic carbocycles. The average Bonchev–Trinajstić information content (AvgIpc) is 2.37. The van der Waals surface area contributed by atoms with Crippen molar-refractivity contribution in [1.29, 1.82) is 0 Å². The molecule has 1 aliphatic rings. The maximum Gasteiger partial charge on any atom is 0.230 e. The molecule has 1 aliphatic heterocycles. The number of nitrogens with zero attached hydrogens (tertiary/aromatic N) is 4. The monoisotopic (exact) mass is 285 g/mol. The van der Waals surface area contributed by atoms with Gasteiger partial charge in [0.25, 0.3) is 0 Å². The Morgan fingerprint density at radius 1 is 1.26 bits per heavy atom. The summed E-state index contributed by atoms with van der Waals surface area (Å²) in [7, 11) is 3.74. The maximum atomic E-state index is 5.90. The molecule has 2 rings (SSSR count). The lowest BCUT2D eigenvalue weighted by Gasteiger charge is -2.33. The van der Waals surface area contributed by atoms with Gasteiger partial charge in [-0.25, -0.2) is 0 Å². The number of hydrogen-bond acceptors (Lipinski definition) is 6. The van der Waals surface area contributed by atoms with Crippen molar-refractivity contribution in [3.63, 3.8) is 0 Å². The largest absolute Gasteiger partial charge is 0.381 e. The maximum absolute atomic E-state index is 5.90. The van der Waals surface area contributed by atoms with Crippen molar-refractivity contribution < 1.29 is 4.74 Å². The molecule has 1 N–H and O–H groups in total. The highest BCUT2D eigenvalue weighted by molar-refractivity contribution is 6.28. The van der Waals surface area contributed by atoms with Gasteiger partial charge in [0.2, 0.25) is 17.2 Å². The number of hydrogen-bond donors (Lipinski definition) is 1. The first-order valence-electron chi connectivity index (χ1n) is 6.39. The van der Waals surface area contributed by atoms with Crippen molar-refractivity contribution in [3.8, 4) is 0 Å². The van der Waals surface area contributed by atoms with Crippen LogP contribution in [-0.4, -0.2) is 48.8 Å². The van der Waals surface area contributed by atoms with Crippen LogP contribution in [0.15, 0.2) is 0 Å². The molecule has 0 atom stereocenters. The van der Waals surface area contributed by atoms with Gasteiger partial charge in [-0.2, -0.15) is 15.0 Å². The number of halogens is 1. The SMILES string of the molecule is CN(C)c1nc(Cl)nc(NCC2(C)CCOCC2)n1. The van der Waals surface area contributed by atoms with Crippen LogP contribution < -0.4 is 10.2 Å². The molecule has 1 fully saturated rings. The first kappa shape index (κ1) is 14.3. The van der Waals surface area contributed by atoms with E-state index in [1.165, 1.54) is 0 Å². The van der Waals surface area contributed by atoms with Crippen molar-refractivity contribution in [2.75, 3.05) is 44.1 Å². The van der Waals surface area contributed by atoms with E-state index >= 15 is 0 Å². The summed E-state index contributed by atoms with van der Waals surface area (Å²) >= 11 is 5.90. The Kier molecular flexibility index (Phi) is 4.42. The Balaban J connectivity index is 2.02. The minimum atomic E-state index is 0.207. The van der Waals surface area contributed by atoms with E-state index < -0.39 is 0 Å². The molecule has 0 saturated carbocycles. The van der Waals surface area contributed by atoms with Crippen LogP contribution >= 0.6 is 11.6 Å². The van der Waals surface area contributed by atoms with Crippen molar-refractivity contribution in [3.05, 3.63) is 5.28 Å². The molecule has 0 spiro atoms. The van der Waals surface area contributed by atoms with Gasteiger partial charge < -0.3 is 15.0 Å². The topological polar surface area (TPSA) is 63.2 Å². The Hall–Kier alpha value is -1.14. The molecule has 0 unspecified atom stereocenters. The normalized spacial score (nSPS) is 18.1. The van der Waals surface area contributed by atoms with Crippen LogP contribution in [0.1, 0.15) is 19.8 Å². The van der Waals surface area contributed by atoms with E-state index in [1.54, 1.807) is 4.90 Å². The third kappa shape index (κ3) is 3.91. The van der Waals surface area contributed by atoms with Gasteiger partial charge in [0.15, 0.2) is 0 Å². The van der Waals surface area contributed by atoms with E-state index in [0.29, 0.717) is 11.9 Å². The van der Waals surface area contributed by atoms with Crippen LogP contribution in [0.25, 0.3) is 0 Å². The summed E-state index contributed by atoms with van der Waals surface area (Å²) < 4.78 is 5.39. The van der Waals surface area contributed by atoms with Gasteiger partial charge in [0.05, 0.1) is 0 Å². The molecular weight excluding hydrogens is 266 g/mol. The Bertz CT molecular complexity index is 434. The highest BCUT2D eigenvalue weighted by atomic mass is 35.5. The molecule has 6 nitrogen and oxygen atoms in total. The summed E-state index contributed by atoms with van der Waals surface area (Å²) in [5.74, 6) is 1.08. The first-order chi connectivity index (χ1) is 8.98. The van der Waals surface area contributed by atoms with E-state index in [-0.39, 0.29) is 10.7 Å². The predicted octanol–water partition coefficient (Wildman–Crippen LogP) is 1.82. The standard InChI is InChI=1S/C12H20ClN5O/c1-12(4-6-19-7-5-12)8-14-10-15-9(13)16-11(17-10)18(2)3/h4-8H2,1-3H3,(H,14,15,16,17). The second-order valence-corrected chi connectivity index (χ2v) is 5.74. The van der Waals surface area contributed by atoms with Crippen LogP contribution in [0.4, 0.5) is 11.9 Å². The van der Waals surface area contributed by atoms with Crippen LogP contribution in [-0.2, 0) is 4.74 Å². The molecule has 1 saturated heterocycles. The van der Waals surface area contributed by atoms with Crippen LogP contribution in [0.2, 0.25) is 5.28 Å². The molecule has 106 valence electrons. The van der Waals surface area contributed by atoms with E-state index in [0.717, 1.165) is 32.6 Å². The molecule has 1 aromatic heterocycles. The van der Waals surface area contributed by atoms with Crippen molar-refractivity contribution >= 4 is 23.5 Å². The number of aromatic nitrogens is 3. The van der Waals surface area contributed by atoms with E-state index in [2.05, 4.69) is 27.2 Å². The summed E-state index contributed by atoms with van der Waals surface area (Å²) in [5, 5.41) is 3.47. The van der Waals surface area contributed by atoms with E-state index in [1.807, 2.05) is 14.1 Å². The Morgan fingerprint density at radius 2 is 1.95 bits per heavy atom. The minimum Gasteiger partial charge on any atom is -0.381 e. The molecule has 7 heteroatoms. The van der Waals surface area contributed by atoms with E-state index in [4.69, 9.17) is 16.3 Å². The Labute approximate surface area is 118 Å². The third-order valence-electron chi connectivity index (χ3n) is 3.37. The number of nitrogens with one attached hydrogen (secondary N) is 1. The minimum absolute atomic E-state index is 0.207. The summed E-state index contributed by atoms with van der Waals surface area (Å²) in [4.78, 5) is 14.3. The molecule has 2 heterocycles. The summed E-state index contributed by atoms with van der Waals surface area (Å²) in [6, 6.07) is 0. The molecular formula is C12H20ClN5O. The Morgan fingerprint density at radius 3 is 2.58 bits per heavy atom. The fourth-order valence-electron chi connectivity index (χ4n) is 1.95. The second-order valence-electron chi connectivity index (χ2n) is 5.40. The van der Waals surface area contributed by atoms with Crippen molar-refractivity contribution in [2.45, 2.75) is 19.8 Å². The van der Waals surface area contributed by atoms with Gasteiger partial charge >= 0.3 is 0 Å². The van der Waals surface area contributed by atoms with Gasteiger partial charge in [-0.05, 0) is 29.9 Å². The van der Waals surface area contributed by atoms with Crippen molar-refractivity contribution in [2.24, 2.45) is 5.41 Å². The first-order valence-corrected chi connectivity index (χ1v) is 6.77. The second kappa shape index (κ2) is 5.88. The average molecular weight is 286 g/mol. The summed E-state index contributed by atoms with van der Waals surface area (Å²) in [5.41, 5.74) is 0.218. The highest BCUT2D eigenvalue weighted by Crippen LogP contribution is 2.29. The lowest BCUT2D eigenvalue weighted by Crippen LogP contribution is -2.33. The highest BCUT2D eigenvalue weighted by Gasteiger charge is 2.27. The molecule has 0 radical (unpaired) electrons. The van der Waals surface area contributed by atoms with Crippen LogP contribution in [0.5, 0.6) is 0 Å². The van der Waals surface area contributed by atoms with Gasteiger partial charge in [0.1, 0.15) is 0 Å². The quantitative estimate of drug-likeness (QED) is 0.910. The smallest absolute Gasteiger partial charge is 0.230 e. The van der Waals surface area contributed by atoms with Gasteiger partial charge in [-0.15, -0.1) is 0 Å². The number of anilines is 2. The van der Waals surface area contributed by atoms with Crippen LogP contribution in [0.3, 0.4) is 0 Å². The third-order valence-corrected chi connectivity index (χ3v) is 3.54. The van der Waals surface area contributed by atoms with Crippen molar-refractivity contribution in [1.82, 2.24) is 15.0 Å². The molecule has 0 aliphatic carbocycles. The fourth-order valence-corrected chi connectivity index (χ4v) is 2.11. The fraction of sp³-hybridized carbons (Fsp3) is 0.750. The zero-order chi connectivity index (χ0) is 13.9. The molecule has 1 aromatic rings. The molecule has 19 heavy (non-hydrogen) atoms. The predicted molar refractivity (Wildman–Crippen MR) is 75.8 cm³/mol. The van der Waals surface area contributed by atoms with Gasteiger partial charge in [-0.1, -0.05) is 6.92 Å². The lowest BCUT2D eigenvalue weighted by molar-refractivity contribution is 0.0299. The molecule has 0 bridgehead atoms. The number of ether oxygens (including phenoxy) is 1. The lowest BCUT2D eigenvalue weighted by atomic mass is 9.82. The van der Waals surface area contributed by atoms with Gasteiger partial charge in [0, 0.05) is 33.9 Å². The van der Waals surface area contributed by atoms with E-state index in [9.17, 15) is 0 Å². The van der Waals surface area contributed by atoms with Crippen LogP contribution in [0, 0.1) is 5.41 Å². The summed E-state index contributed by atoms with van der Waals surface area (Å²) in [6.07, 6.45) is 2.08. The number of rotatable bonds is 4. The molecule has 0 amide bonds. The zero-order valence-electron chi connectivity index (χ0n) is 11.6. The van der Waals surface area contributed by atoms with Gasteiger partial charge in [-0.3, -0.25) is 0 Å². The zero-order valence-corrected chi connectivity index (χ0v) is 12.4.